The van der Waals surface area contributed by atoms with Crippen molar-refractivity contribution in [1.29, 1.82) is 0 Å². The van der Waals surface area contributed by atoms with Crippen LogP contribution in [-0.2, 0) is 6.54 Å². The van der Waals surface area contributed by atoms with Gasteiger partial charge in [-0.15, -0.1) is 0 Å². The average Bonchev–Trinajstić information content (AvgIpc) is 2.49. The summed E-state index contributed by atoms with van der Waals surface area (Å²) in [7, 11) is 0. The van der Waals surface area contributed by atoms with Crippen LogP contribution in [0.5, 0.6) is 0 Å². The molecule has 2 aromatic rings. The van der Waals surface area contributed by atoms with E-state index in [9.17, 15) is 0 Å². The minimum absolute atomic E-state index is 0.168. The molecule has 2 aromatic carbocycles. The van der Waals surface area contributed by atoms with Crippen LogP contribution in [0.2, 0.25) is 0 Å². The molecule has 0 fully saturated rings. The van der Waals surface area contributed by atoms with Crippen molar-refractivity contribution in [3.63, 3.8) is 0 Å². The highest BCUT2D eigenvalue weighted by Gasteiger charge is 2.30. The van der Waals surface area contributed by atoms with Crippen molar-refractivity contribution < 1.29 is 0 Å². The Balaban J connectivity index is 1.79. The van der Waals surface area contributed by atoms with Gasteiger partial charge < -0.3 is 0 Å². The molecule has 22 heavy (non-hydrogen) atoms. The van der Waals surface area contributed by atoms with Crippen molar-refractivity contribution in [3.05, 3.63) is 76.3 Å². The first-order valence-corrected chi connectivity index (χ1v) is 8.57. The van der Waals surface area contributed by atoms with Crippen LogP contribution >= 0.6 is 15.9 Å². The van der Waals surface area contributed by atoms with Gasteiger partial charge >= 0.3 is 0 Å². The standard InChI is InChI=1S/C20H22BrN/c1-20(2)15-22(14-16-6-4-3-5-7-16)13-12-19(20)17-8-10-18(21)11-9-17/h3-12H,13-15H2,1-2H3. The summed E-state index contributed by atoms with van der Waals surface area (Å²) in [6, 6.07) is 19.4. The normalized spacial score (nSPS) is 18.0. The molecule has 3 rings (SSSR count). The molecular weight excluding hydrogens is 334 g/mol. The predicted molar refractivity (Wildman–Crippen MR) is 97.6 cm³/mol. The van der Waals surface area contributed by atoms with Crippen molar-refractivity contribution in [1.82, 2.24) is 4.90 Å². The van der Waals surface area contributed by atoms with Crippen LogP contribution in [0, 0.1) is 5.41 Å². The van der Waals surface area contributed by atoms with E-state index in [0.717, 1.165) is 24.1 Å². The number of nitrogens with zero attached hydrogens (tertiary/aromatic N) is 1. The van der Waals surface area contributed by atoms with Gasteiger partial charge in [-0.1, -0.05) is 78.3 Å². The van der Waals surface area contributed by atoms with Crippen LogP contribution in [0.25, 0.3) is 5.57 Å². The molecule has 0 N–H and O–H groups in total. The first-order chi connectivity index (χ1) is 10.5. The molecule has 114 valence electrons. The molecule has 1 aliphatic heterocycles. The summed E-state index contributed by atoms with van der Waals surface area (Å²) in [6.45, 7) is 7.82. The smallest absolute Gasteiger partial charge is 0.0237 e. The van der Waals surface area contributed by atoms with Crippen LogP contribution in [0.15, 0.2) is 65.1 Å². The molecule has 0 amide bonds. The van der Waals surface area contributed by atoms with E-state index in [2.05, 4.69) is 95.4 Å². The summed E-state index contributed by atoms with van der Waals surface area (Å²) >= 11 is 3.52. The molecule has 2 heteroatoms. The summed E-state index contributed by atoms with van der Waals surface area (Å²) in [5.41, 5.74) is 4.36. The third kappa shape index (κ3) is 3.50. The van der Waals surface area contributed by atoms with E-state index in [-0.39, 0.29) is 5.41 Å². The number of rotatable bonds is 3. The van der Waals surface area contributed by atoms with E-state index in [0.29, 0.717) is 0 Å². The van der Waals surface area contributed by atoms with Gasteiger partial charge in [0.25, 0.3) is 0 Å². The minimum atomic E-state index is 0.168. The highest BCUT2D eigenvalue weighted by atomic mass is 79.9. The quantitative estimate of drug-likeness (QED) is 0.714. The van der Waals surface area contributed by atoms with Gasteiger partial charge in [0.1, 0.15) is 0 Å². The molecule has 0 aliphatic carbocycles. The molecule has 0 aromatic heterocycles. The molecule has 0 unspecified atom stereocenters. The summed E-state index contributed by atoms with van der Waals surface area (Å²) in [6.07, 6.45) is 2.40. The minimum Gasteiger partial charge on any atom is -0.295 e. The fraction of sp³-hybridized carbons (Fsp3) is 0.300. The molecule has 0 spiro atoms. The molecule has 1 aliphatic rings. The van der Waals surface area contributed by atoms with Crippen molar-refractivity contribution in [2.45, 2.75) is 20.4 Å². The Morgan fingerprint density at radius 1 is 1.00 bits per heavy atom. The first kappa shape index (κ1) is 15.5. The van der Waals surface area contributed by atoms with Gasteiger partial charge in [0.15, 0.2) is 0 Å². The third-order valence-electron chi connectivity index (χ3n) is 4.31. The third-order valence-corrected chi connectivity index (χ3v) is 4.83. The molecule has 0 saturated carbocycles. The van der Waals surface area contributed by atoms with Gasteiger partial charge in [0.2, 0.25) is 0 Å². The van der Waals surface area contributed by atoms with E-state index < -0.39 is 0 Å². The Kier molecular flexibility index (Phi) is 4.51. The molecule has 1 heterocycles. The van der Waals surface area contributed by atoms with E-state index in [1.165, 1.54) is 16.7 Å². The number of hydrogen-bond acceptors (Lipinski definition) is 1. The lowest BCUT2D eigenvalue weighted by Gasteiger charge is -2.39. The molecule has 0 saturated heterocycles. The highest BCUT2D eigenvalue weighted by molar-refractivity contribution is 9.10. The lowest BCUT2D eigenvalue weighted by atomic mass is 9.77. The zero-order valence-corrected chi connectivity index (χ0v) is 14.8. The summed E-state index contributed by atoms with van der Waals surface area (Å²) in [4.78, 5) is 2.53. The maximum atomic E-state index is 3.52. The van der Waals surface area contributed by atoms with Gasteiger partial charge in [0, 0.05) is 29.5 Å². The van der Waals surface area contributed by atoms with Gasteiger partial charge in [-0.3, -0.25) is 4.90 Å². The van der Waals surface area contributed by atoms with Gasteiger partial charge in [0.05, 0.1) is 0 Å². The topological polar surface area (TPSA) is 3.24 Å². The molecule has 0 radical (unpaired) electrons. The summed E-state index contributed by atoms with van der Waals surface area (Å²) in [5, 5.41) is 0. The number of halogens is 1. The number of hydrogen-bond donors (Lipinski definition) is 0. The van der Waals surface area contributed by atoms with Crippen LogP contribution in [0.4, 0.5) is 0 Å². The molecule has 1 nitrogen and oxygen atoms in total. The monoisotopic (exact) mass is 355 g/mol. The fourth-order valence-corrected chi connectivity index (χ4v) is 3.57. The zero-order chi connectivity index (χ0) is 15.6. The van der Waals surface area contributed by atoms with Crippen LogP contribution in [-0.4, -0.2) is 18.0 Å². The number of benzene rings is 2. The Morgan fingerprint density at radius 2 is 1.68 bits per heavy atom. The van der Waals surface area contributed by atoms with Crippen molar-refractivity contribution in [2.75, 3.05) is 13.1 Å². The Bertz CT molecular complexity index is 656. The van der Waals surface area contributed by atoms with E-state index >= 15 is 0 Å². The fourth-order valence-electron chi connectivity index (χ4n) is 3.31. The first-order valence-electron chi connectivity index (χ1n) is 7.77. The van der Waals surface area contributed by atoms with Gasteiger partial charge in [-0.05, 0) is 28.8 Å². The van der Waals surface area contributed by atoms with Crippen LogP contribution in [0.1, 0.15) is 25.0 Å². The summed E-state index contributed by atoms with van der Waals surface area (Å²) in [5.74, 6) is 0. The van der Waals surface area contributed by atoms with Crippen molar-refractivity contribution >= 4 is 21.5 Å². The predicted octanol–water partition coefficient (Wildman–Crippen LogP) is 5.37. The highest BCUT2D eigenvalue weighted by Crippen LogP contribution is 2.38. The SMILES string of the molecule is CC1(C)CN(Cc2ccccc2)CC=C1c1ccc(Br)cc1. The molecule has 0 atom stereocenters. The van der Waals surface area contributed by atoms with E-state index in [1.807, 2.05) is 0 Å². The van der Waals surface area contributed by atoms with Crippen molar-refractivity contribution in [2.24, 2.45) is 5.41 Å². The molecule has 0 bridgehead atoms. The zero-order valence-electron chi connectivity index (χ0n) is 13.2. The molecular formula is C20H22BrN. The van der Waals surface area contributed by atoms with Crippen molar-refractivity contribution in [3.8, 4) is 0 Å². The Morgan fingerprint density at radius 3 is 2.32 bits per heavy atom. The Labute approximate surface area is 141 Å². The van der Waals surface area contributed by atoms with Gasteiger partial charge in [-0.25, -0.2) is 0 Å². The second-order valence-corrected chi connectivity index (χ2v) is 7.58. The lowest BCUT2D eigenvalue weighted by Crippen LogP contribution is -2.38. The maximum Gasteiger partial charge on any atom is 0.0237 e. The Hall–Kier alpha value is -1.38. The summed E-state index contributed by atoms with van der Waals surface area (Å²) < 4.78 is 1.14. The average molecular weight is 356 g/mol. The van der Waals surface area contributed by atoms with Gasteiger partial charge in [-0.2, -0.15) is 0 Å². The van der Waals surface area contributed by atoms with E-state index in [1.54, 1.807) is 0 Å². The van der Waals surface area contributed by atoms with Crippen LogP contribution in [0.3, 0.4) is 0 Å². The second-order valence-electron chi connectivity index (χ2n) is 6.66. The van der Waals surface area contributed by atoms with Crippen LogP contribution < -0.4 is 0 Å². The largest absolute Gasteiger partial charge is 0.295 e. The lowest BCUT2D eigenvalue weighted by molar-refractivity contribution is 0.214. The van der Waals surface area contributed by atoms with E-state index in [4.69, 9.17) is 0 Å². The second kappa shape index (κ2) is 6.39. The maximum absolute atomic E-state index is 3.52.